The Labute approximate surface area is 104 Å². The molecule has 1 aromatic carbocycles. The second-order valence-corrected chi connectivity index (χ2v) is 4.99. The molecule has 84 valence electrons. The number of nitrogens with zero attached hydrogens (tertiary/aromatic N) is 3. The van der Waals surface area contributed by atoms with Crippen molar-refractivity contribution in [2.45, 2.75) is 13.5 Å². The monoisotopic (exact) mass is 253 g/mol. The predicted octanol–water partition coefficient (Wildman–Crippen LogP) is 3.14. The van der Waals surface area contributed by atoms with Crippen molar-refractivity contribution >= 4 is 28.8 Å². The molecule has 0 aliphatic rings. The van der Waals surface area contributed by atoms with E-state index in [-0.39, 0.29) is 0 Å². The van der Waals surface area contributed by atoms with E-state index in [0.29, 0.717) is 10.9 Å². The van der Waals surface area contributed by atoms with Gasteiger partial charge in [-0.05, 0) is 18.6 Å². The van der Waals surface area contributed by atoms with Crippen LogP contribution in [0, 0.1) is 6.92 Å². The average molecular weight is 254 g/mol. The van der Waals surface area contributed by atoms with E-state index in [0.717, 1.165) is 5.69 Å². The summed E-state index contributed by atoms with van der Waals surface area (Å²) in [5.74, 6) is 0. The Morgan fingerprint density at radius 3 is 2.75 bits per heavy atom. The van der Waals surface area contributed by atoms with Gasteiger partial charge >= 0.3 is 0 Å². The van der Waals surface area contributed by atoms with Gasteiger partial charge in [-0.25, -0.2) is 0 Å². The van der Waals surface area contributed by atoms with Crippen molar-refractivity contribution in [1.82, 2.24) is 9.59 Å². The summed E-state index contributed by atoms with van der Waals surface area (Å²) in [4.78, 5) is 2.12. The fourth-order valence-electron chi connectivity index (χ4n) is 1.59. The van der Waals surface area contributed by atoms with Gasteiger partial charge in [-0.15, -0.1) is 5.10 Å². The van der Waals surface area contributed by atoms with Gasteiger partial charge in [0.2, 0.25) is 0 Å². The summed E-state index contributed by atoms with van der Waals surface area (Å²) in [5.41, 5.74) is 3.26. The molecule has 1 aromatic heterocycles. The van der Waals surface area contributed by atoms with Gasteiger partial charge in [-0.2, -0.15) is 0 Å². The quantitative estimate of drug-likeness (QED) is 0.842. The van der Waals surface area contributed by atoms with Crippen LogP contribution in [0.15, 0.2) is 24.3 Å². The van der Waals surface area contributed by atoms with Crippen molar-refractivity contribution < 1.29 is 0 Å². The molecule has 0 atom stereocenters. The lowest BCUT2D eigenvalue weighted by Crippen LogP contribution is -2.17. The normalized spacial score (nSPS) is 10.4. The van der Waals surface area contributed by atoms with Gasteiger partial charge in [0.25, 0.3) is 0 Å². The highest BCUT2D eigenvalue weighted by atomic mass is 35.5. The van der Waals surface area contributed by atoms with Crippen LogP contribution in [0.2, 0.25) is 4.34 Å². The Morgan fingerprint density at radius 2 is 2.12 bits per heavy atom. The molecular formula is C11H12ClN3S. The summed E-state index contributed by atoms with van der Waals surface area (Å²) in [5, 5.41) is 4.01. The summed E-state index contributed by atoms with van der Waals surface area (Å²) < 4.78 is 4.49. The first-order valence-electron chi connectivity index (χ1n) is 4.92. The molecule has 0 bridgehead atoms. The summed E-state index contributed by atoms with van der Waals surface area (Å²) in [6.07, 6.45) is 0. The fourth-order valence-corrected chi connectivity index (χ4v) is 2.20. The smallest absolute Gasteiger partial charge is 0.139 e. The molecule has 3 nitrogen and oxygen atoms in total. The van der Waals surface area contributed by atoms with Gasteiger partial charge < -0.3 is 4.90 Å². The Bertz CT molecular complexity index is 484. The number of anilines is 1. The lowest BCUT2D eigenvalue weighted by atomic mass is 10.2. The van der Waals surface area contributed by atoms with E-state index >= 15 is 0 Å². The predicted molar refractivity (Wildman–Crippen MR) is 68.2 cm³/mol. The Hall–Kier alpha value is -1.13. The van der Waals surface area contributed by atoms with Crippen LogP contribution in [0.3, 0.4) is 0 Å². The minimum Gasteiger partial charge on any atom is -0.368 e. The third-order valence-electron chi connectivity index (χ3n) is 2.42. The number of hydrogen-bond acceptors (Lipinski definition) is 4. The molecule has 5 heteroatoms. The van der Waals surface area contributed by atoms with Crippen molar-refractivity contribution in [2.24, 2.45) is 0 Å². The zero-order chi connectivity index (χ0) is 11.5. The first-order chi connectivity index (χ1) is 7.68. The zero-order valence-corrected chi connectivity index (χ0v) is 10.7. The van der Waals surface area contributed by atoms with E-state index in [4.69, 9.17) is 11.6 Å². The third kappa shape index (κ3) is 2.33. The van der Waals surface area contributed by atoms with Crippen molar-refractivity contribution in [2.75, 3.05) is 11.9 Å². The van der Waals surface area contributed by atoms with Crippen molar-refractivity contribution in [1.29, 1.82) is 0 Å². The second kappa shape index (κ2) is 4.80. The van der Waals surface area contributed by atoms with Gasteiger partial charge in [0, 0.05) is 24.3 Å². The highest BCUT2D eigenvalue weighted by molar-refractivity contribution is 7.10. The van der Waals surface area contributed by atoms with Crippen molar-refractivity contribution in [3.8, 4) is 0 Å². The lowest BCUT2D eigenvalue weighted by Gasteiger charge is -2.20. The fraction of sp³-hybridized carbons (Fsp3) is 0.273. The van der Waals surface area contributed by atoms with Crippen LogP contribution in [0.4, 0.5) is 5.69 Å². The van der Waals surface area contributed by atoms with Gasteiger partial charge in [-0.3, -0.25) is 0 Å². The summed E-state index contributed by atoms with van der Waals surface area (Å²) in [6.45, 7) is 2.77. The van der Waals surface area contributed by atoms with Crippen molar-refractivity contribution in [3.63, 3.8) is 0 Å². The molecule has 1 heterocycles. The SMILES string of the molecule is Cc1ccccc1N(C)Cc1nnsc1Cl. The molecule has 16 heavy (non-hydrogen) atoms. The number of benzene rings is 1. The van der Waals surface area contributed by atoms with Crippen LogP contribution in [0.5, 0.6) is 0 Å². The van der Waals surface area contributed by atoms with Crippen LogP contribution in [0.1, 0.15) is 11.3 Å². The van der Waals surface area contributed by atoms with Gasteiger partial charge in [0.05, 0.1) is 6.54 Å². The number of aromatic nitrogens is 2. The van der Waals surface area contributed by atoms with E-state index < -0.39 is 0 Å². The number of rotatable bonds is 3. The number of para-hydroxylation sites is 1. The highest BCUT2D eigenvalue weighted by Gasteiger charge is 2.10. The first-order valence-corrected chi connectivity index (χ1v) is 6.07. The van der Waals surface area contributed by atoms with Crippen LogP contribution in [0.25, 0.3) is 0 Å². The lowest BCUT2D eigenvalue weighted by molar-refractivity contribution is 0.869. The topological polar surface area (TPSA) is 29.0 Å². The number of halogens is 1. The maximum absolute atomic E-state index is 5.98. The third-order valence-corrected chi connectivity index (χ3v) is 3.41. The van der Waals surface area contributed by atoms with Crippen LogP contribution >= 0.6 is 23.1 Å². The zero-order valence-electron chi connectivity index (χ0n) is 9.14. The van der Waals surface area contributed by atoms with Gasteiger partial charge in [0.1, 0.15) is 10.0 Å². The number of aryl methyl sites for hydroxylation is 1. The minimum atomic E-state index is 0.667. The molecule has 0 amide bonds. The summed E-state index contributed by atoms with van der Waals surface area (Å²) >= 11 is 7.20. The summed E-state index contributed by atoms with van der Waals surface area (Å²) in [7, 11) is 2.03. The molecule has 0 aliphatic heterocycles. The van der Waals surface area contributed by atoms with E-state index in [1.54, 1.807) is 0 Å². The Morgan fingerprint density at radius 1 is 1.38 bits per heavy atom. The van der Waals surface area contributed by atoms with Crippen molar-refractivity contribution in [3.05, 3.63) is 39.9 Å². The van der Waals surface area contributed by atoms with Gasteiger partial charge in [0.15, 0.2) is 0 Å². The molecule has 0 unspecified atom stereocenters. The largest absolute Gasteiger partial charge is 0.368 e. The average Bonchev–Trinajstić information content (AvgIpc) is 2.65. The molecule has 0 N–H and O–H groups in total. The molecule has 0 fully saturated rings. The van der Waals surface area contributed by atoms with E-state index in [2.05, 4.69) is 33.5 Å². The van der Waals surface area contributed by atoms with Gasteiger partial charge in [-0.1, -0.05) is 34.3 Å². The molecule has 0 saturated carbocycles. The maximum atomic E-state index is 5.98. The van der Waals surface area contributed by atoms with E-state index in [1.807, 2.05) is 19.2 Å². The summed E-state index contributed by atoms with van der Waals surface area (Å²) in [6, 6.07) is 8.24. The van der Waals surface area contributed by atoms with E-state index in [9.17, 15) is 0 Å². The molecule has 0 aliphatic carbocycles. The number of hydrogen-bond donors (Lipinski definition) is 0. The Kier molecular flexibility index (Phi) is 3.41. The molecule has 0 radical (unpaired) electrons. The van der Waals surface area contributed by atoms with Crippen LogP contribution in [-0.2, 0) is 6.54 Å². The maximum Gasteiger partial charge on any atom is 0.139 e. The standard InChI is InChI=1S/C11H12ClN3S/c1-8-5-3-4-6-10(8)15(2)7-9-11(12)16-14-13-9/h3-6H,7H2,1-2H3. The highest BCUT2D eigenvalue weighted by Crippen LogP contribution is 2.23. The molecule has 0 spiro atoms. The molecule has 2 aromatic rings. The van der Waals surface area contributed by atoms with E-state index in [1.165, 1.54) is 22.8 Å². The van der Waals surface area contributed by atoms with Crippen LogP contribution in [-0.4, -0.2) is 16.6 Å². The molecule has 2 rings (SSSR count). The molecular weight excluding hydrogens is 242 g/mol. The Balaban J connectivity index is 2.18. The molecule has 0 saturated heterocycles. The second-order valence-electron chi connectivity index (χ2n) is 3.64. The first kappa shape index (κ1) is 11.4. The minimum absolute atomic E-state index is 0.667. The van der Waals surface area contributed by atoms with Crippen LogP contribution < -0.4 is 4.90 Å².